The molecular weight excluding hydrogens is 164 g/mol. The summed E-state index contributed by atoms with van der Waals surface area (Å²) in [5.74, 6) is 0.721. The zero-order chi connectivity index (χ0) is 8.93. The monoisotopic (exact) mass is 180 g/mol. The van der Waals surface area contributed by atoms with Crippen LogP contribution >= 0.6 is 0 Å². The average Bonchev–Trinajstić information content (AvgIpc) is 2.75. The van der Waals surface area contributed by atoms with Gasteiger partial charge in [0.05, 0.1) is 6.61 Å². The van der Waals surface area contributed by atoms with Crippen LogP contribution in [0.15, 0.2) is 18.5 Å². The minimum Gasteiger partial charge on any atom is -0.381 e. The van der Waals surface area contributed by atoms with Gasteiger partial charge in [-0.3, -0.25) is 0 Å². The normalized spacial score (nSPS) is 22.3. The maximum absolute atomic E-state index is 5.30. The quantitative estimate of drug-likeness (QED) is 0.729. The number of aromatic nitrogens is 1. The number of ether oxygens (including phenoxy) is 1. The van der Waals surface area contributed by atoms with Crippen molar-refractivity contribution in [3.63, 3.8) is 0 Å². The van der Waals surface area contributed by atoms with Crippen LogP contribution in [0.1, 0.15) is 12.0 Å². The molecule has 0 radical (unpaired) electrons. The van der Waals surface area contributed by atoms with Crippen LogP contribution in [0.25, 0.3) is 0 Å². The second-order valence-electron chi connectivity index (χ2n) is 3.58. The van der Waals surface area contributed by atoms with Gasteiger partial charge in [-0.25, -0.2) is 0 Å². The fourth-order valence-corrected chi connectivity index (χ4v) is 1.63. The highest BCUT2D eigenvalue weighted by Gasteiger charge is 2.14. The largest absolute Gasteiger partial charge is 0.381 e. The third kappa shape index (κ3) is 2.57. The van der Waals surface area contributed by atoms with E-state index in [4.69, 9.17) is 4.74 Å². The maximum Gasteiger partial charge on any atom is 0.0507 e. The molecule has 1 aliphatic rings. The van der Waals surface area contributed by atoms with Gasteiger partial charge < -0.3 is 15.0 Å². The van der Waals surface area contributed by atoms with Gasteiger partial charge in [0.1, 0.15) is 0 Å². The van der Waals surface area contributed by atoms with E-state index in [0.29, 0.717) is 0 Å². The molecule has 0 saturated carbocycles. The van der Waals surface area contributed by atoms with E-state index in [-0.39, 0.29) is 0 Å². The van der Waals surface area contributed by atoms with Crippen molar-refractivity contribution in [1.82, 2.24) is 10.3 Å². The Morgan fingerprint density at radius 2 is 2.62 bits per heavy atom. The minimum atomic E-state index is 0.721. The van der Waals surface area contributed by atoms with Gasteiger partial charge in [-0.2, -0.15) is 0 Å². The number of hydrogen-bond acceptors (Lipinski definition) is 2. The summed E-state index contributed by atoms with van der Waals surface area (Å²) in [7, 11) is 0. The number of nitrogens with one attached hydrogen (secondary N) is 2. The summed E-state index contributed by atoms with van der Waals surface area (Å²) in [6.07, 6.45) is 5.19. The summed E-state index contributed by atoms with van der Waals surface area (Å²) >= 11 is 0. The Bertz CT molecular complexity index is 227. The SMILES string of the molecule is c1cc(CNCC2CCOC2)c[nH]1. The van der Waals surface area contributed by atoms with Gasteiger partial charge in [-0.05, 0) is 24.0 Å². The lowest BCUT2D eigenvalue weighted by Gasteiger charge is -2.07. The molecule has 3 heteroatoms. The smallest absolute Gasteiger partial charge is 0.0507 e. The molecular formula is C10H16N2O. The van der Waals surface area contributed by atoms with Crippen molar-refractivity contribution in [2.24, 2.45) is 5.92 Å². The van der Waals surface area contributed by atoms with Gasteiger partial charge in [0.2, 0.25) is 0 Å². The van der Waals surface area contributed by atoms with Gasteiger partial charge in [-0.1, -0.05) is 0 Å². The minimum absolute atomic E-state index is 0.721. The Morgan fingerprint density at radius 3 is 3.31 bits per heavy atom. The van der Waals surface area contributed by atoms with Crippen molar-refractivity contribution < 1.29 is 4.74 Å². The Hall–Kier alpha value is -0.800. The van der Waals surface area contributed by atoms with Crippen molar-refractivity contribution in [3.05, 3.63) is 24.0 Å². The molecule has 0 amide bonds. The summed E-state index contributed by atoms with van der Waals surface area (Å²) in [6.45, 7) is 3.90. The Labute approximate surface area is 78.5 Å². The van der Waals surface area contributed by atoms with Gasteiger partial charge in [0.15, 0.2) is 0 Å². The second kappa shape index (κ2) is 4.44. The molecule has 0 bridgehead atoms. The van der Waals surface area contributed by atoms with Gasteiger partial charge in [0.25, 0.3) is 0 Å². The molecule has 72 valence electrons. The van der Waals surface area contributed by atoms with Crippen LogP contribution in [0.5, 0.6) is 0 Å². The Morgan fingerprint density at radius 1 is 1.62 bits per heavy atom. The standard InChI is InChI=1S/C10H16N2O/c1-3-11-5-9(1)6-12-7-10-2-4-13-8-10/h1,3,5,10-12H,2,4,6-8H2. The lowest BCUT2D eigenvalue weighted by molar-refractivity contribution is 0.185. The molecule has 2 heterocycles. The molecule has 1 fully saturated rings. The molecule has 1 aromatic rings. The zero-order valence-corrected chi connectivity index (χ0v) is 7.75. The molecule has 2 N–H and O–H groups in total. The number of hydrogen-bond donors (Lipinski definition) is 2. The predicted molar refractivity (Wildman–Crippen MR) is 51.4 cm³/mol. The highest BCUT2D eigenvalue weighted by Crippen LogP contribution is 2.10. The first-order chi connectivity index (χ1) is 6.45. The Kier molecular flexibility index (Phi) is 3.00. The van der Waals surface area contributed by atoms with Crippen LogP contribution in [-0.4, -0.2) is 24.7 Å². The third-order valence-electron chi connectivity index (χ3n) is 2.45. The van der Waals surface area contributed by atoms with Crippen LogP contribution in [0.4, 0.5) is 0 Å². The molecule has 2 rings (SSSR count). The van der Waals surface area contributed by atoms with E-state index in [1.165, 1.54) is 12.0 Å². The van der Waals surface area contributed by atoms with Crippen molar-refractivity contribution in [1.29, 1.82) is 0 Å². The van der Waals surface area contributed by atoms with Crippen molar-refractivity contribution >= 4 is 0 Å². The Balaban J connectivity index is 1.63. The number of H-pyrrole nitrogens is 1. The van der Waals surface area contributed by atoms with Crippen molar-refractivity contribution in [2.45, 2.75) is 13.0 Å². The number of aromatic amines is 1. The molecule has 1 unspecified atom stereocenters. The summed E-state index contributed by atoms with van der Waals surface area (Å²) < 4.78 is 5.30. The van der Waals surface area contributed by atoms with Crippen LogP contribution in [-0.2, 0) is 11.3 Å². The summed E-state index contributed by atoms with van der Waals surface area (Å²) in [4.78, 5) is 3.04. The van der Waals surface area contributed by atoms with Gasteiger partial charge in [0, 0.05) is 32.1 Å². The van der Waals surface area contributed by atoms with Crippen LogP contribution in [0.2, 0.25) is 0 Å². The molecule has 1 aromatic heterocycles. The van der Waals surface area contributed by atoms with E-state index in [0.717, 1.165) is 32.2 Å². The molecule has 3 nitrogen and oxygen atoms in total. The van der Waals surface area contributed by atoms with Gasteiger partial charge in [-0.15, -0.1) is 0 Å². The molecule has 0 aromatic carbocycles. The van der Waals surface area contributed by atoms with E-state index in [2.05, 4.69) is 16.4 Å². The first kappa shape index (κ1) is 8.78. The molecule has 1 atom stereocenters. The average molecular weight is 180 g/mol. The summed E-state index contributed by atoms with van der Waals surface area (Å²) in [5, 5.41) is 3.43. The fraction of sp³-hybridized carbons (Fsp3) is 0.600. The molecule has 1 saturated heterocycles. The molecule has 13 heavy (non-hydrogen) atoms. The third-order valence-corrected chi connectivity index (χ3v) is 2.45. The van der Waals surface area contributed by atoms with Crippen molar-refractivity contribution in [2.75, 3.05) is 19.8 Å². The topological polar surface area (TPSA) is 37.0 Å². The molecule has 1 aliphatic heterocycles. The lowest BCUT2D eigenvalue weighted by Crippen LogP contribution is -2.22. The van der Waals surface area contributed by atoms with E-state index >= 15 is 0 Å². The van der Waals surface area contributed by atoms with E-state index in [1.807, 2.05) is 12.4 Å². The highest BCUT2D eigenvalue weighted by atomic mass is 16.5. The van der Waals surface area contributed by atoms with E-state index in [1.54, 1.807) is 0 Å². The van der Waals surface area contributed by atoms with E-state index < -0.39 is 0 Å². The number of rotatable bonds is 4. The van der Waals surface area contributed by atoms with Gasteiger partial charge >= 0.3 is 0 Å². The maximum atomic E-state index is 5.30. The zero-order valence-electron chi connectivity index (χ0n) is 7.75. The van der Waals surface area contributed by atoms with Crippen LogP contribution in [0.3, 0.4) is 0 Å². The molecule has 0 spiro atoms. The predicted octanol–water partition coefficient (Wildman–Crippen LogP) is 1.14. The van der Waals surface area contributed by atoms with Crippen LogP contribution < -0.4 is 5.32 Å². The van der Waals surface area contributed by atoms with E-state index in [9.17, 15) is 0 Å². The first-order valence-electron chi connectivity index (χ1n) is 4.85. The second-order valence-corrected chi connectivity index (χ2v) is 3.58. The molecule has 0 aliphatic carbocycles. The summed E-state index contributed by atoms with van der Waals surface area (Å²) in [5.41, 5.74) is 1.32. The fourth-order valence-electron chi connectivity index (χ4n) is 1.63. The summed E-state index contributed by atoms with van der Waals surface area (Å²) in [6, 6.07) is 2.10. The van der Waals surface area contributed by atoms with Crippen molar-refractivity contribution in [3.8, 4) is 0 Å². The lowest BCUT2D eigenvalue weighted by atomic mass is 10.1. The first-order valence-corrected chi connectivity index (χ1v) is 4.85. The van der Waals surface area contributed by atoms with Crippen LogP contribution in [0, 0.1) is 5.92 Å². The highest BCUT2D eigenvalue weighted by molar-refractivity contribution is 5.07.